The number of rotatable bonds is 10. The Morgan fingerprint density at radius 1 is 0.576 bits per heavy atom. The highest BCUT2D eigenvalue weighted by molar-refractivity contribution is 5.80. The molecule has 0 saturated carbocycles. The molecule has 9 heteroatoms. The van der Waals surface area contributed by atoms with Crippen LogP contribution in [0.4, 0.5) is 0 Å². The molecule has 0 spiro atoms. The molecule has 0 aliphatic heterocycles. The summed E-state index contributed by atoms with van der Waals surface area (Å²) in [5, 5.41) is 50.0. The van der Waals surface area contributed by atoms with Crippen LogP contribution in [0.15, 0.2) is 72.9 Å². The van der Waals surface area contributed by atoms with Gasteiger partial charge in [-0.05, 0) is 27.2 Å². The summed E-state index contributed by atoms with van der Waals surface area (Å²) in [4.78, 5) is 29.3. The molecule has 9 nitrogen and oxygen atoms in total. The minimum Gasteiger partial charge on any atom is -0.478 e. The Labute approximate surface area is 195 Å². The molecule has 0 aromatic rings. The summed E-state index contributed by atoms with van der Waals surface area (Å²) in [6.07, 6.45) is 18.5. The van der Waals surface area contributed by atoms with Gasteiger partial charge >= 0.3 is 17.9 Å². The number of carboxylic acid groups (broad SMARTS) is 3. The molecule has 0 radical (unpaired) electrons. The molecule has 0 aliphatic carbocycles. The fourth-order valence-corrected chi connectivity index (χ4v) is 1.23. The van der Waals surface area contributed by atoms with Crippen LogP contribution in [-0.4, -0.2) is 68.4 Å². The van der Waals surface area contributed by atoms with Crippen molar-refractivity contribution in [2.75, 3.05) is 19.8 Å². The van der Waals surface area contributed by atoms with Crippen molar-refractivity contribution in [2.45, 2.75) is 34.1 Å². The van der Waals surface area contributed by atoms with Crippen LogP contribution in [0.25, 0.3) is 0 Å². The van der Waals surface area contributed by atoms with Gasteiger partial charge in [0.15, 0.2) is 0 Å². The van der Waals surface area contributed by atoms with Crippen LogP contribution in [0, 0.1) is 5.41 Å². The van der Waals surface area contributed by atoms with E-state index in [0.717, 1.165) is 18.2 Å². The monoisotopic (exact) mass is 470 g/mol. The summed E-state index contributed by atoms with van der Waals surface area (Å²) in [5.74, 6) is -2.74. The number of carboxylic acids is 3. The van der Waals surface area contributed by atoms with E-state index in [0.29, 0.717) is 6.42 Å². The van der Waals surface area contributed by atoms with Gasteiger partial charge in [0.05, 0.1) is 19.8 Å². The summed E-state index contributed by atoms with van der Waals surface area (Å²) in [7, 11) is 0. The summed E-state index contributed by atoms with van der Waals surface area (Å²) in [6.45, 7) is 6.83. The minimum atomic E-state index is -0.914. The van der Waals surface area contributed by atoms with Crippen LogP contribution in [0.5, 0.6) is 0 Å². The van der Waals surface area contributed by atoms with Crippen molar-refractivity contribution < 1.29 is 45.0 Å². The van der Waals surface area contributed by atoms with E-state index in [-0.39, 0.29) is 19.8 Å². The molecule has 0 aromatic heterocycles. The lowest BCUT2D eigenvalue weighted by Crippen LogP contribution is -2.32. The van der Waals surface area contributed by atoms with Gasteiger partial charge in [0.1, 0.15) is 0 Å². The van der Waals surface area contributed by atoms with Crippen LogP contribution in [0.2, 0.25) is 0 Å². The predicted molar refractivity (Wildman–Crippen MR) is 129 cm³/mol. The van der Waals surface area contributed by atoms with Gasteiger partial charge in [-0.2, -0.15) is 0 Å². The fourth-order valence-electron chi connectivity index (χ4n) is 1.23. The Morgan fingerprint density at radius 3 is 0.909 bits per heavy atom. The molecule has 33 heavy (non-hydrogen) atoms. The maximum atomic E-state index is 9.75. The predicted octanol–water partition coefficient (Wildman–Crippen LogP) is 2.97. The minimum absolute atomic E-state index is 0.156. The molecule has 0 aliphatic rings. The molecule has 0 heterocycles. The van der Waals surface area contributed by atoms with Gasteiger partial charge in [-0.15, -0.1) is 0 Å². The standard InChI is InChI=1S/C6H14O3.3C6H8O2/c1-2-6(3-7,4-8)5-9;3*1-2-3-4-5-6(7)8/h7-9H,2-5H2,1H3;3*2-5H,1H3,(H,7,8)/b;3*3-2+,5-4+. The second kappa shape index (κ2) is 28.7. The zero-order valence-corrected chi connectivity index (χ0v) is 19.7. The molecule has 0 fully saturated rings. The van der Waals surface area contributed by atoms with Gasteiger partial charge in [0.25, 0.3) is 0 Å². The van der Waals surface area contributed by atoms with Crippen LogP contribution in [0.1, 0.15) is 34.1 Å². The highest BCUT2D eigenvalue weighted by atomic mass is 16.4. The normalized spacial score (nSPS) is 11.4. The van der Waals surface area contributed by atoms with Gasteiger partial charge in [0.2, 0.25) is 0 Å². The third kappa shape index (κ3) is 36.5. The zero-order chi connectivity index (χ0) is 26.5. The van der Waals surface area contributed by atoms with Crippen molar-refractivity contribution in [3.63, 3.8) is 0 Å². The first-order valence-electron chi connectivity index (χ1n) is 9.95. The average Bonchev–Trinajstić information content (AvgIpc) is 2.77. The van der Waals surface area contributed by atoms with E-state index in [9.17, 15) is 14.4 Å². The van der Waals surface area contributed by atoms with Gasteiger partial charge in [0, 0.05) is 23.6 Å². The Bertz CT molecular complexity index is 572. The number of hydrogen-bond donors (Lipinski definition) is 6. The summed E-state index contributed by atoms with van der Waals surface area (Å²) < 4.78 is 0. The van der Waals surface area contributed by atoms with Crippen molar-refractivity contribution in [1.82, 2.24) is 0 Å². The maximum absolute atomic E-state index is 9.75. The smallest absolute Gasteiger partial charge is 0.328 e. The maximum Gasteiger partial charge on any atom is 0.328 e. The van der Waals surface area contributed by atoms with Gasteiger partial charge < -0.3 is 30.6 Å². The van der Waals surface area contributed by atoms with Gasteiger partial charge in [-0.3, -0.25) is 0 Å². The molecule has 188 valence electrons. The van der Waals surface area contributed by atoms with Crippen molar-refractivity contribution in [3.8, 4) is 0 Å². The van der Waals surface area contributed by atoms with Crippen molar-refractivity contribution in [3.05, 3.63) is 72.9 Å². The van der Waals surface area contributed by atoms with Crippen molar-refractivity contribution in [1.29, 1.82) is 0 Å². The lowest BCUT2D eigenvalue weighted by Gasteiger charge is -2.24. The lowest BCUT2D eigenvalue weighted by atomic mass is 9.88. The largest absolute Gasteiger partial charge is 0.478 e. The SMILES string of the molecule is C/C=C/C=C/C(=O)O.C/C=C/C=C/C(=O)O.C/C=C/C=C/C(=O)O.CCC(CO)(CO)CO. The molecule has 0 unspecified atom stereocenters. The quantitative estimate of drug-likeness (QED) is 0.207. The Morgan fingerprint density at radius 2 is 0.818 bits per heavy atom. The first kappa shape index (κ1) is 37.1. The van der Waals surface area contributed by atoms with Crippen LogP contribution < -0.4 is 0 Å². The number of aliphatic hydroxyl groups excluding tert-OH is 3. The zero-order valence-electron chi connectivity index (χ0n) is 19.7. The summed E-state index contributed by atoms with van der Waals surface area (Å²) in [5.41, 5.74) is -0.667. The highest BCUT2D eigenvalue weighted by Crippen LogP contribution is 2.18. The second-order valence-electron chi connectivity index (χ2n) is 6.00. The number of aliphatic hydroxyl groups is 3. The van der Waals surface area contributed by atoms with Crippen LogP contribution in [-0.2, 0) is 14.4 Å². The van der Waals surface area contributed by atoms with Crippen molar-refractivity contribution >= 4 is 17.9 Å². The van der Waals surface area contributed by atoms with E-state index < -0.39 is 23.3 Å². The Hall–Kier alpha value is -3.27. The molecular weight excluding hydrogens is 432 g/mol. The number of allylic oxidation sites excluding steroid dienone is 9. The van der Waals surface area contributed by atoms with Gasteiger partial charge in [-0.25, -0.2) is 14.4 Å². The first-order valence-corrected chi connectivity index (χ1v) is 9.95. The third-order valence-electron chi connectivity index (χ3n) is 3.38. The first-order chi connectivity index (χ1) is 15.6. The topological polar surface area (TPSA) is 173 Å². The van der Waals surface area contributed by atoms with E-state index in [2.05, 4.69) is 0 Å². The average molecular weight is 471 g/mol. The molecule has 0 amide bonds. The Balaban J connectivity index is -0.000000170. The van der Waals surface area contributed by atoms with Gasteiger partial charge in [-0.1, -0.05) is 61.6 Å². The highest BCUT2D eigenvalue weighted by Gasteiger charge is 2.24. The molecule has 0 aromatic carbocycles. The van der Waals surface area contributed by atoms with E-state index in [1.165, 1.54) is 18.2 Å². The van der Waals surface area contributed by atoms with E-state index >= 15 is 0 Å². The second-order valence-corrected chi connectivity index (χ2v) is 6.00. The Kier molecular flexibility index (Phi) is 32.3. The fraction of sp³-hybridized carbons (Fsp3) is 0.375. The molecule has 0 bridgehead atoms. The summed E-state index contributed by atoms with van der Waals surface area (Å²) >= 11 is 0. The molecule has 0 rings (SSSR count). The summed E-state index contributed by atoms with van der Waals surface area (Å²) in [6, 6.07) is 0. The molecular formula is C24H38O9. The van der Waals surface area contributed by atoms with Crippen LogP contribution in [0.3, 0.4) is 0 Å². The van der Waals surface area contributed by atoms with E-state index in [1.807, 2.05) is 27.7 Å². The van der Waals surface area contributed by atoms with E-state index in [4.69, 9.17) is 30.6 Å². The van der Waals surface area contributed by atoms with E-state index in [1.54, 1.807) is 36.5 Å². The van der Waals surface area contributed by atoms with Crippen molar-refractivity contribution in [2.24, 2.45) is 5.41 Å². The lowest BCUT2D eigenvalue weighted by molar-refractivity contribution is -0.132. The van der Waals surface area contributed by atoms with Crippen LogP contribution >= 0.6 is 0 Å². The number of hydrogen-bond acceptors (Lipinski definition) is 6. The molecule has 6 N–H and O–H groups in total. The number of carbonyl (C=O) groups is 3. The molecule has 0 saturated heterocycles. The number of aliphatic carboxylic acids is 3. The molecule has 0 atom stereocenters. The third-order valence-corrected chi connectivity index (χ3v) is 3.38.